The topological polar surface area (TPSA) is 124 Å². The molecule has 8 nitrogen and oxygen atoms in total. The van der Waals surface area contributed by atoms with Crippen LogP contribution in [0, 0.1) is 10.1 Å². The van der Waals surface area contributed by atoms with Gasteiger partial charge in [0, 0.05) is 6.07 Å². The Morgan fingerprint density at radius 3 is 2.35 bits per heavy atom. The van der Waals surface area contributed by atoms with Gasteiger partial charge in [0.05, 0.1) is 12.0 Å². The number of nitrogens with zero attached hydrogens (tertiary/aromatic N) is 1. The second-order valence-electron chi connectivity index (χ2n) is 3.87. The number of esters is 1. The van der Waals surface area contributed by atoms with Gasteiger partial charge in [-0.15, -0.1) is 0 Å². The van der Waals surface area contributed by atoms with Gasteiger partial charge >= 0.3 is 11.9 Å². The van der Waals surface area contributed by atoms with Crippen molar-refractivity contribution < 1.29 is 29.2 Å². The van der Waals surface area contributed by atoms with Crippen LogP contribution in [0.3, 0.4) is 0 Å². The Balaban J connectivity index is 3.62. The number of nitro benzene ring substituents is 1. The number of Topliss-reactive ketones (excluding diaryl/α,β-unsaturated/α-hetero) is 1. The molecular weight excluding hydrogens is 270 g/mol. The van der Waals surface area contributed by atoms with E-state index in [2.05, 4.69) is 4.74 Å². The number of benzene rings is 1. The molecule has 1 aromatic carbocycles. The number of carboxylic acids is 1. The van der Waals surface area contributed by atoms with E-state index in [0.717, 1.165) is 20.1 Å². The Labute approximate surface area is 113 Å². The first-order chi connectivity index (χ1) is 9.31. The summed E-state index contributed by atoms with van der Waals surface area (Å²) in [6, 6.07) is 3.37. The molecule has 0 amide bonds. The number of ketones is 1. The van der Waals surface area contributed by atoms with Crippen molar-refractivity contribution in [2.45, 2.75) is 12.8 Å². The van der Waals surface area contributed by atoms with Crippen LogP contribution in [-0.4, -0.2) is 34.9 Å². The summed E-state index contributed by atoms with van der Waals surface area (Å²) in [5.74, 6) is -4.74. The molecule has 0 saturated carbocycles. The summed E-state index contributed by atoms with van der Waals surface area (Å²) in [6.45, 7) is 1.08. The highest BCUT2D eigenvalue weighted by molar-refractivity contribution is 6.07. The maximum Gasteiger partial charge on any atom is 0.343 e. The summed E-state index contributed by atoms with van der Waals surface area (Å²) in [4.78, 5) is 44.3. The third-order valence-electron chi connectivity index (χ3n) is 2.64. The second kappa shape index (κ2) is 5.91. The lowest BCUT2D eigenvalue weighted by Gasteiger charge is -2.14. The quantitative estimate of drug-likeness (QED) is 0.371. The molecule has 106 valence electrons. The highest BCUT2D eigenvalue weighted by Crippen LogP contribution is 2.29. The molecule has 0 bridgehead atoms. The third kappa shape index (κ3) is 2.79. The van der Waals surface area contributed by atoms with E-state index >= 15 is 0 Å². The summed E-state index contributed by atoms with van der Waals surface area (Å²) in [5, 5.41) is 20.0. The third-order valence-corrected chi connectivity index (χ3v) is 2.64. The Hall–Kier alpha value is -2.77. The monoisotopic (exact) mass is 281 g/mol. The molecule has 0 aliphatic heterocycles. The van der Waals surface area contributed by atoms with E-state index in [4.69, 9.17) is 5.11 Å². The predicted molar refractivity (Wildman–Crippen MR) is 65.5 cm³/mol. The number of methoxy groups -OCH3 is 1. The average molecular weight is 281 g/mol. The number of rotatable bonds is 5. The van der Waals surface area contributed by atoms with Crippen molar-refractivity contribution >= 4 is 23.4 Å². The largest absolute Gasteiger partial charge is 0.477 e. The molecule has 0 aromatic heterocycles. The minimum absolute atomic E-state index is 0.258. The Morgan fingerprint density at radius 1 is 1.35 bits per heavy atom. The van der Waals surface area contributed by atoms with E-state index < -0.39 is 39.8 Å². The molecule has 1 unspecified atom stereocenters. The first-order valence-electron chi connectivity index (χ1n) is 5.40. The summed E-state index contributed by atoms with van der Waals surface area (Å²) >= 11 is 0. The first-order valence-corrected chi connectivity index (χ1v) is 5.40. The Bertz CT molecular complexity index is 593. The van der Waals surface area contributed by atoms with E-state index in [1.165, 1.54) is 12.1 Å². The van der Waals surface area contributed by atoms with Crippen LogP contribution in [-0.2, 0) is 14.3 Å². The second-order valence-corrected chi connectivity index (χ2v) is 3.87. The number of nitro groups is 1. The summed E-state index contributed by atoms with van der Waals surface area (Å²) in [7, 11) is 1.04. The number of ether oxygens (including phenoxy) is 1. The number of aromatic carboxylic acids is 1. The molecule has 0 saturated heterocycles. The Kier molecular flexibility index (Phi) is 4.52. The summed E-state index contributed by atoms with van der Waals surface area (Å²) < 4.78 is 4.44. The molecule has 1 N–H and O–H groups in total. The zero-order valence-corrected chi connectivity index (χ0v) is 10.7. The van der Waals surface area contributed by atoms with Gasteiger partial charge in [-0.3, -0.25) is 19.7 Å². The normalized spacial score (nSPS) is 11.5. The smallest absolute Gasteiger partial charge is 0.343 e. The van der Waals surface area contributed by atoms with Gasteiger partial charge < -0.3 is 9.84 Å². The van der Waals surface area contributed by atoms with Gasteiger partial charge in [0.25, 0.3) is 5.69 Å². The van der Waals surface area contributed by atoms with Crippen LogP contribution in [0.2, 0.25) is 0 Å². The SMILES string of the molecule is COC(=O)C(C(C)=O)c1cccc([N+](=O)[O-])c1C(=O)O. The van der Waals surface area contributed by atoms with Gasteiger partial charge in [-0.05, 0) is 12.5 Å². The fourth-order valence-electron chi connectivity index (χ4n) is 1.81. The van der Waals surface area contributed by atoms with E-state index in [9.17, 15) is 24.5 Å². The number of carboxylic acid groups (broad SMARTS) is 1. The van der Waals surface area contributed by atoms with E-state index in [1.54, 1.807) is 0 Å². The molecule has 1 aromatic rings. The molecule has 0 fully saturated rings. The number of hydrogen-bond acceptors (Lipinski definition) is 6. The standard InChI is InChI=1S/C12H11NO7/c1-6(14)9(12(17)20-2)7-4-3-5-8(13(18)19)10(7)11(15)16/h3-5,9H,1-2H3,(H,15,16). The van der Waals surface area contributed by atoms with E-state index in [0.29, 0.717) is 0 Å². The van der Waals surface area contributed by atoms with Crippen molar-refractivity contribution in [2.24, 2.45) is 0 Å². The fourth-order valence-corrected chi connectivity index (χ4v) is 1.81. The van der Waals surface area contributed by atoms with Crippen molar-refractivity contribution in [1.29, 1.82) is 0 Å². The first kappa shape index (κ1) is 15.3. The van der Waals surface area contributed by atoms with Crippen LogP contribution in [0.1, 0.15) is 28.8 Å². The molecule has 1 atom stereocenters. The highest BCUT2D eigenvalue weighted by atomic mass is 16.6. The molecule has 0 heterocycles. The molecule has 8 heteroatoms. The van der Waals surface area contributed by atoms with Crippen LogP contribution >= 0.6 is 0 Å². The van der Waals surface area contributed by atoms with Gasteiger partial charge in [0.2, 0.25) is 0 Å². The minimum atomic E-state index is -1.59. The van der Waals surface area contributed by atoms with Gasteiger partial charge in [-0.1, -0.05) is 12.1 Å². The number of carbonyl (C=O) groups excluding carboxylic acids is 2. The van der Waals surface area contributed by atoms with Gasteiger partial charge in [0.15, 0.2) is 0 Å². The van der Waals surface area contributed by atoms with E-state index in [1.807, 2.05) is 0 Å². The number of hydrogen-bond donors (Lipinski definition) is 1. The van der Waals surface area contributed by atoms with Crippen LogP contribution in [0.15, 0.2) is 18.2 Å². The van der Waals surface area contributed by atoms with Crippen molar-refractivity contribution in [1.82, 2.24) is 0 Å². The molecule has 20 heavy (non-hydrogen) atoms. The highest BCUT2D eigenvalue weighted by Gasteiger charge is 2.34. The lowest BCUT2D eigenvalue weighted by molar-refractivity contribution is -0.385. The van der Waals surface area contributed by atoms with Crippen LogP contribution in [0.4, 0.5) is 5.69 Å². The van der Waals surface area contributed by atoms with Gasteiger partial charge in [-0.2, -0.15) is 0 Å². The summed E-state index contributed by atoms with van der Waals surface area (Å²) in [5.41, 5.74) is -1.64. The lowest BCUT2D eigenvalue weighted by atomic mass is 9.90. The van der Waals surface area contributed by atoms with Crippen LogP contribution < -0.4 is 0 Å². The van der Waals surface area contributed by atoms with Crippen LogP contribution in [0.5, 0.6) is 0 Å². The molecule has 0 spiro atoms. The van der Waals surface area contributed by atoms with Crippen LogP contribution in [0.25, 0.3) is 0 Å². The number of carbonyl (C=O) groups is 3. The van der Waals surface area contributed by atoms with E-state index in [-0.39, 0.29) is 5.56 Å². The molecule has 1 rings (SSSR count). The fraction of sp³-hybridized carbons (Fsp3) is 0.250. The lowest BCUT2D eigenvalue weighted by Crippen LogP contribution is -2.24. The predicted octanol–water partition coefficient (Wildman–Crippen LogP) is 1.14. The van der Waals surface area contributed by atoms with Gasteiger partial charge in [0.1, 0.15) is 17.3 Å². The molecule has 0 aliphatic rings. The maximum atomic E-state index is 11.6. The molecule has 0 radical (unpaired) electrons. The molecule has 0 aliphatic carbocycles. The van der Waals surface area contributed by atoms with Crippen molar-refractivity contribution in [2.75, 3.05) is 7.11 Å². The summed E-state index contributed by atoms with van der Waals surface area (Å²) in [6.07, 6.45) is 0. The van der Waals surface area contributed by atoms with Crippen molar-refractivity contribution in [3.05, 3.63) is 39.4 Å². The average Bonchev–Trinajstić information content (AvgIpc) is 2.37. The van der Waals surface area contributed by atoms with Gasteiger partial charge in [-0.25, -0.2) is 4.79 Å². The Morgan fingerprint density at radius 2 is 1.95 bits per heavy atom. The van der Waals surface area contributed by atoms with Crippen molar-refractivity contribution in [3.63, 3.8) is 0 Å². The zero-order chi connectivity index (χ0) is 15.4. The maximum absolute atomic E-state index is 11.6. The van der Waals surface area contributed by atoms with Crippen molar-refractivity contribution in [3.8, 4) is 0 Å². The zero-order valence-electron chi connectivity index (χ0n) is 10.7. The molecular formula is C12H11NO7. The minimum Gasteiger partial charge on any atom is -0.477 e.